The van der Waals surface area contributed by atoms with Gasteiger partial charge < -0.3 is 10.4 Å². The fraction of sp³-hybridized carbons (Fsp3) is 0.385. The Labute approximate surface area is 99.0 Å². The third-order valence-electron chi connectivity index (χ3n) is 2.94. The zero-order valence-electron chi connectivity index (χ0n) is 9.42. The predicted octanol–water partition coefficient (Wildman–Crippen LogP) is 2.87. The Morgan fingerprint density at radius 1 is 1.24 bits per heavy atom. The van der Waals surface area contributed by atoms with Gasteiger partial charge in [-0.25, -0.2) is 8.78 Å². The van der Waals surface area contributed by atoms with E-state index in [-0.39, 0.29) is 0 Å². The van der Waals surface area contributed by atoms with Crippen LogP contribution in [0.4, 0.5) is 8.78 Å². The number of phenols is 1. The van der Waals surface area contributed by atoms with E-state index in [1.54, 1.807) is 0 Å². The molecule has 1 aliphatic carbocycles. The van der Waals surface area contributed by atoms with E-state index in [0.717, 1.165) is 31.4 Å². The van der Waals surface area contributed by atoms with Crippen LogP contribution in [0.1, 0.15) is 24.8 Å². The summed E-state index contributed by atoms with van der Waals surface area (Å²) in [6.45, 7) is 0.409. The van der Waals surface area contributed by atoms with Crippen molar-refractivity contribution < 1.29 is 13.9 Å². The van der Waals surface area contributed by atoms with Gasteiger partial charge in [0.15, 0.2) is 17.4 Å². The van der Waals surface area contributed by atoms with E-state index in [4.69, 9.17) is 5.11 Å². The van der Waals surface area contributed by atoms with Crippen LogP contribution in [0.2, 0.25) is 0 Å². The first-order chi connectivity index (χ1) is 8.16. The monoisotopic (exact) mass is 239 g/mol. The SMILES string of the molecule is Oc1c(F)cc(CNC2CC=CCC2)cc1F. The second-order valence-corrected chi connectivity index (χ2v) is 4.27. The molecule has 2 N–H and O–H groups in total. The summed E-state index contributed by atoms with van der Waals surface area (Å²) < 4.78 is 26.2. The van der Waals surface area contributed by atoms with Gasteiger partial charge in [-0.1, -0.05) is 12.2 Å². The molecule has 1 unspecified atom stereocenters. The molecule has 0 heterocycles. The van der Waals surface area contributed by atoms with Crippen LogP contribution in [-0.2, 0) is 6.54 Å². The van der Waals surface area contributed by atoms with Crippen LogP contribution in [0.25, 0.3) is 0 Å². The molecule has 0 fully saturated rings. The van der Waals surface area contributed by atoms with Gasteiger partial charge in [0, 0.05) is 12.6 Å². The summed E-state index contributed by atoms with van der Waals surface area (Å²) in [6, 6.07) is 2.67. The van der Waals surface area contributed by atoms with Crippen molar-refractivity contribution in [1.82, 2.24) is 5.32 Å². The van der Waals surface area contributed by atoms with Crippen LogP contribution in [0.3, 0.4) is 0 Å². The number of hydrogen-bond acceptors (Lipinski definition) is 2. The van der Waals surface area contributed by atoms with Crippen molar-refractivity contribution in [1.29, 1.82) is 0 Å². The van der Waals surface area contributed by atoms with Crippen molar-refractivity contribution >= 4 is 0 Å². The Balaban J connectivity index is 1.97. The molecule has 0 bridgehead atoms. The van der Waals surface area contributed by atoms with Gasteiger partial charge in [0.25, 0.3) is 0 Å². The number of aromatic hydroxyl groups is 1. The van der Waals surface area contributed by atoms with E-state index in [1.165, 1.54) is 0 Å². The quantitative estimate of drug-likeness (QED) is 0.795. The molecule has 1 aromatic rings. The Kier molecular flexibility index (Phi) is 3.74. The summed E-state index contributed by atoms with van der Waals surface area (Å²) in [5.74, 6) is -2.73. The zero-order valence-corrected chi connectivity index (χ0v) is 9.42. The standard InChI is InChI=1S/C13H15F2NO/c14-11-6-9(7-12(15)13(11)17)8-16-10-4-2-1-3-5-10/h1-2,6-7,10,16-17H,3-5,8H2. The Morgan fingerprint density at radius 3 is 2.53 bits per heavy atom. The summed E-state index contributed by atoms with van der Waals surface area (Å²) in [5, 5.41) is 12.2. The van der Waals surface area contributed by atoms with Gasteiger partial charge >= 0.3 is 0 Å². The summed E-state index contributed by atoms with van der Waals surface area (Å²) >= 11 is 0. The summed E-state index contributed by atoms with van der Waals surface area (Å²) in [7, 11) is 0. The summed E-state index contributed by atoms with van der Waals surface area (Å²) in [4.78, 5) is 0. The van der Waals surface area contributed by atoms with E-state index < -0.39 is 17.4 Å². The Bertz CT molecular complexity index is 408. The number of hydrogen-bond donors (Lipinski definition) is 2. The van der Waals surface area contributed by atoms with Crippen molar-refractivity contribution in [2.24, 2.45) is 0 Å². The molecule has 2 rings (SSSR count). The first kappa shape index (κ1) is 12.0. The lowest BCUT2D eigenvalue weighted by molar-refractivity contribution is 0.394. The predicted molar refractivity (Wildman–Crippen MR) is 61.6 cm³/mol. The minimum Gasteiger partial charge on any atom is -0.503 e. The first-order valence-corrected chi connectivity index (χ1v) is 5.72. The van der Waals surface area contributed by atoms with Crippen molar-refractivity contribution in [2.75, 3.05) is 0 Å². The topological polar surface area (TPSA) is 32.3 Å². The number of rotatable bonds is 3. The van der Waals surface area contributed by atoms with Crippen LogP contribution in [0.15, 0.2) is 24.3 Å². The molecule has 0 spiro atoms. The average molecular weight is 239 g/mol. The molecule has 2 nitrogen and oxygen atoms in total. The third-order valence-corrected chi connectivity index (χ3v) is 2.94. The minimum absolute atomic E-state index is 0.361. The van der Waals surface area contributed by atoms with E-state index >= 15 is 0 Å². The van der Waals surface area contributed by atoms with Gasteiger partial charge in [0.2, 0.25) is 0 Å². The second kappa shape index (κ2) is 5.27. The van der Waals surface area contributed by atoms with Crippen molar-refractivity contribution in [3.05, 3.63) is 41.5 Å². The lowest BCUT2D eigenvalue weighted by atomic mass is 10.0. The van der Waals surface area contributed by atoms with Gasteiger partial charge in [-0.05, 0) is 37.0 Å². The molecule has 17 heavy (non-hydrogen) atoms. The van der Waals surface area contributed by atoms with Gasteiger partial charge in [-0.15, -0.1) is 0 Å². The van der Waals surface area contributed by atoms with Gasteiger partial charge in [-0.2, -0.15) is 0 Å². The Morgan fingerprint density at radius 2 is 1.94 bits per heavy atom. The zero-order chi connectivity index (χ0) is 12.3. The molecule has 0 saturated carbocycles. The van der Waals surface area contributed by atoms with Gasteiger partial charge in [-0.3, -0.25) is 0 Å². The highest BCUT2D eigenvalue weighted by Crippen LogP contribution is 2.21. The number of benzene rings is 1. The average Bonchev–Trinajstić information content (AvgIpc) is 2.34. The van der Waals surface area contributed by atoms with E-state index in [0.29, 0.717) is 18.2 Å². The van der Waals surface area contributed by atoms with Crippen molar-refractivity contribution in [3.63, 3.8) is 0 Å². The van der Waals surface area contributed by atoms with Crippen LogP contribution in [0.5, 0.6) is 5.75 Å². The van der Waals surface area contributed by atoms with Gasteiger partial charge in [0.05, 0.1) is 0 Å². The van der Waals surface area contributed by atoms with E-state index in [2.05, 4.69) is 17.5 Å². The molecule has 4 heteroatoms. The summed E-state index contributed by atoms with van der Waals surface area (Å²) in [5.41, 5.74) is 0.507. The van der Waals surface area contributed by atoms with E-state index in [1.807, 2.05) is 0 Å². The van der Waals surface area contributed by atoms with E-state index in [9.17, 15) is 8.78 Å². The molecule has 1 aliphatic rings. The maximum absolute atomic E-state index is 13.1. The normalized spacial score (nSPS) is 19.5. The molecular formula is C13H15F2NO. The summed E-state index contributed by atoms with van der Waals surface area (Å²) in [6.07, 6.45) is 7.27. The van der Waals surface area contributed by atoms with Crippen molar-refractivity contribution in [2.45, 2.75) is 31.8 Å². The molecular weight excluding hydrogens is 224 g/mol. The number of halogens is 2. The largest absolute Gasteiger partial charge is 0.503 e. The van der Waals surface area contributed by atoms with Crippen LogP contribution >= 0.6 is 0 Å². The molecule has 0 amide bonds. The number of nitrogens with one attached hydrogen (secondary N) is 1. The number of phenolic OH excluding ortho intramolecular Hbond substituents is 1. The molecule has 1 atom stereocenters. The third kappa shape index (κ3) is 3.03. The van der Waals surface area contributed by atoms with Crippen LogP contribution in [-0.4, -0.2) is 11.1 Å². The smallest absolute Gasteiger partial charge is 0.187 e. The lowest BCUT2D eigenvalue weighted by Gasteiger charge is -2.19. The van der Waals surface area contributed by atoms with Crippen LogP contribution < -0.4 is 5.32 Å². The molecule has 0 aromatic heterocycles. The fourth-order valence-electron chi connectivity index (χ4n) is 1.96. The highest BCUT2D eigenvalue weighted by Gasteiger charge is 2.12. The number of allylic oxidation sites excluding steroid dienone is 1. The highest BCUT2D eigenvalue weighted by molar-refractivity contribution is 5.30. The maximum Gasteiger partial charge on any atom is 0.187 e. The first-order valence-electron chi connectivity index (χ1n) is 5.72. The fourth-order valence-corrected chi connectivity index (χ4v) is 1.96. The highest BCUT2D eigenvalue weighted by atomic mass is 19.1. The minimum atomic E-state index is -0.912. The Hall–Kier alpha value is -1.42. The molecule has 0 saturated heterocycles. The lowest BCUT2D eigenvalue weighted by Crippen LogP contribution is -2.29. The van der Waals surface area contributed by atoms with Gasteiger partial charge in [0.1, 0.15) is 0 Å². The second-order valence-electron chi connectivity index (χ2n) is 4.27. The maximum atomic E-state index is 13.1. The molecule has 0 radical (unpaired) electrons. The molecule has 92 valence electrons. The van der Waals surface area contributed by atoms with Crippen LogP contribution in [0, 0.1) is 11.6 Å². The molecule has 0 aliphatic heterocycles. The molecule has 1 aromatic carbocycles. The van der Waals surface area contributed by atoms with Crippen molar-refractivity contribution in [3.8, 4) is 5.75 Å².